The third kappa shape index (κ3) is 3.88. The van der Waals surface area contributed by atoms with Crippen LogP contribution in [0, 0.1) is 13.8 Å². The molecule has 0 spiro atoms. The second-order valence-electron chi connectivity index (χ2n) is 6.11. The smallest absolute Gasteiger partial charge is 0.235 e. The van der Waals surface area contributed by atoms with Crippen molar-refractivity contribution in [2.24, 2.45) is 0 Å². The molecule has 0 aliphatic carbocycles. The van der Waals surface area contributed by atoms with Gasteiger partial charge in [0.1, 0.15) is 11.7 Å². The Morgan fingerprint density at radius 1 is 1.23 bits per heavy atom. The van der Waals surface area contributed by atoms with E-state index >= 15 is 0 Å². The number of H-pyrrole nitrogens is 1. The minimum absolute atomic E-state index is 0.178. The Labute approximate surface area is 151 Å². The van der Waals surface area contributed by atoms with Crippen molar-refractivity contribution in [1.82, 2.24) is 20.6 Å². The SMILES string of the molecule is COc1cccc(C[C@H](C(=O)Nc2cccc(C)c2C)c2nn[nH]n2)c1. The molecule has 0 fully saturated rings. The van der Waals surface area contributed by atoms with Crippen molar-refractivity contribution in [3.63, 3.8) is 0 Å². The number of hydrogen-bond acceptors (Lipinski definition) is 5. The van der Waals surface area contributed by atoms with Gasteiger partial charge in [0.05, 0.1) is 7.11 Å². The molecule has 7 heteroatoms. The van der Waals surface area contributed by atoms with Crippen molar-refractivity contribution in [2.75, 3.05) is 12.4 Å². The van der Waals surface area contributed by atoms with Gasteiger partial charge in [-0.2, -0.15) is 5.21 Å². The number of carbonyl (C=O) groups excluding carboxylic acids is 1. The Kier molecular flexibility index (Phi) is 5.26. The van der Waals surface area contributed by atoms with E-state index in [0.29, 0.717) is 12.2 Å². The highest BCUT2D eigenvalue weighted by atomic mass is 16.5. The van der Waals surface area contributed by atoms with Crippen LogP contribution < -0.4 is 10.1 Å². The maximum absolute atomic E-state index is 13.0. The zero-order chi connectivity index (χ0) is 18.5. The summed E-state index contributed by atoms with van der Waals surface area (Å²) in [7, 11) is 1.61. The van der Waals surface area contributed by atoms with Gasteiger partial charge in [0.15, 0.2) is 5.82 Å². The Morgan fingerprint density at radius 3 is 2.77 bits per heavy atom. The predicted octanol–water partition coefficient (Wildman–Crippen LogP) is 2.79. The highest BCUT2D eigenvalue weighted by Crippen LogP contribution is 2.24. The molecule has 0 saturated carbocycles. The third-order valence-electron chi connectivity index (χ3n) is 4.43. The number of rotatable bonds is 6. The number of carbonyl (C=O) groups is 1. The summed E-state index contributed by atoms with van der Waals surface area (Å²) in [5.41, 5.74) is 3.89. The van der Waals surface area contributed by atoms with E-state index in [9.17, 15) is 4.79 Å². The number of anilines is 1. The first kappa shape index (κ1) is 17.6. The van der Waals surface area contributed by atoms with Crippen LogP contribution in [0.15, 0.2) is 42.5 Å². The van der Waals surface area contributed by atoms with Crippen LogP contribution in [-0.4, -0.2) is 33.6 Å². The molecule has 0 bridgehead atoms. The fourth-order valence-corrected chi connectivity index (χ4v) is 2.76. The van der Waals surface area contributed by atoms with Gasteiger partial charge in [0.25, 0.3) is 0 Å². The van der Waals surface area contributed by atoms with E-state index in [4.69, 9.17) is 4.74 Å². The summed E-state index contributed by atoms with van der Waals surface area (Å²) in [5, 5.41) is 17.1. The number of amides is 1. The van der Waals surface area contributed by atoms with E-state index in [1.54, 1.807) is 7.11 Å². The minimum Gasteiger partial charge on any atom is -0.497 e. The molecule has 26 heavy (non-hydrogen) atoms. The fraction of sp³-hybridized carbons (Fsp3) is 0.263. The largest absolute Gasteiger partial charge is 0.497 e. The van der Waals surface area contributed by atoms with Crippen molar-refractivity contribution >= 4 is 11.6 Å². The molecule has 1 heterocycles. The maximum Gasteiger partial charge on any atom is 0.235 e. The van der Waals surface area contributed by atoms with Gasteiger partial charge < -0.3 is 10.1 Å². The van der Waals surface area contributed by atoms with Gasteiger partial charge in [-0.3, -0.25) is 4.79 Å². The molecule has 1 atom stereocenters. The summed E-state index contributed by atoms with van der Waals surface area (Å²) < 4.78 is 5.26. The third-order valence-corrected chi connectivity index (χ3v) is 4.43. The van der Waals surface area contributed by atoms with Crippen LogP contribution in [0.1, 0.15) is 28.4 Å². The topological polar surface area (TPSA) is 92.8 Å². The van der Waals surface area contributed by atoms with Crippen LogP contribution >= 0.6 is 0 Å². The second kappa shape index (κ2) is 7.77. The number of benzene rings is 2. The number of tetrazole rings is 1. The number of nitrogens with one attached hydrogen (secondary N) is 2. The minimum atomic E-state index is -0.569. The van der Waals surface area contributed by atoms with E-state index < -0.39 is 5.92 Å². The van der Waals surface area contributed by atoms with Crippen LogP contribution in [0.2, 0.25) is 0 Å². The zero-order valence-electron chi connectivity index (χ0n) is 15.0. The van der Waals surface area contributed by atoms with Crippen LogP contribution in [-0.2, 0) is 11.2 Å². The van der Waals surface area contributed by atoms with Crippen LogP contribution in [0.4, 0.5) is 5.69 Å². The summed E-state index contributed by atoms with van der Waals surface area (Å²) in [6.07, 6.45) is 0.438. The number of aromatic nitrogens is 4. The average molecular weight is 351 g/mol. The van der Waals surface area contributed by atoms with Gasteiger partial charge in [-0.1, -0.05) is 29.5 Å². The monoisotopic (exact) mass is 351 g/mol. The molecule has 0 saturated heterocycles. The van der Waals surface area contributed by atoms with E-state index in [-0.39, 0.29) is 5.91 Å². The molecule has 134 valence electrons. The van der Waals surface area contributed by atoms with E-state index in [1.165, 1.54) is 0 Å². The first-order chi connectivity index (χ1) is 12.6. The summed E-state index contributed by atoms with van der Waals surface area (Å²) >= 11 is 0. The first-order valence-corrected chi connectivity index (χ1v) is 8.32. The van der Waals surface area contributed by atoms with Gasteiger partial charge in [-0.05, 0) is 55.2 Å². The summed E-state index contributed by atoms with van der Waals surface area (Å²) in [5.74, 6) is 0.351. The molecule has 2 aromatic carbocycles. The lowest BCUT2D eigenvalue weighted by Crippen LogP contribution is -2.24. The molecule has 0 aliphatic heterocycles. The summed E-state index contributed by atoms with van der Waals surface area (Å²) in [6, 6.07) is 13.4. The van der Waals surface area contributed by atoms with Gasteiger partial charge >= 0.3 is 0 Å². The number of nitrogens with zero attached hydrogens (tertiary/aromatic N) is 3. The molecule has 3 rings (SSSR count). The van der Waals surface area contributed by atoms with Gasteiger partial charge in [-0.25, -0.2) is 0 Å². The zero-order valence-corrected chi connectivity index (χ0v) is 15.0. The lowest BCUT2D eigenvalue weighted by molar-refractivity contribution is -0.117. The molecule has 0 radical (unpaired) electrons. The van der Waals surface area contributed by atoms with E-state index in [2.05, 4.69) is 25.9 Å². The molecule has 0 unspecified atom stereocenters. The van der Waals surface area contributed by atoms with Gasteiger partial charge in [-0.15, -0.1) is 10.2 Å². The highest BCUT2D eigenvalue weighted by Gasteiger charge is 2.26. The van der Waals surface area contributed by atoms with Crippen LogP contribution in [0.5, 0.6) is 5.75 Å². The Hall–Kier alpha value is -3.22. The average Bonchev–Trinajstić information content (AvgIpc) is 3.18. The molecular formula is C19H21N5O2. The van der Waals surface area contributed by atoms with Gasteiger partial charge in [0, 0.05) is 5.69 Å². The van der Waals surface area contributed by atoms with Crippen molar-refractivity contribution in [3.8, 4) is 5.75 Å². The molecule has 7 nitrogen and oxygen atoms in total. The molecule has 2 N–H and O–H groups in total. The highest BCUT2D eigenvalue weighted by molar-refractivity contribution is 5.96. The van der Waals surface area contributed by atoms with Crippen LogP contribution in [0.3, 0.4) is 0 Å². The lowest BCUT2D eigenvalue weighted by atomic mass is 9.97. The summed E-state index contributed by atoms with van der Waals surface area (Å²) in [4.78, 5) is 13.0. The number of aryl methyl sites for hydroxylation is 1. The van der Waals surface area contributed by atoms with Crippen molar-refractivity contribution in [2.45, 2.75) is 26.2 Å². The number of ether oxygens (including phenoxy) is 1. The Morgan fingerprint density at radius 2 is 2.04 bits per heavy atom. The lowest BCUT2D eigenvalue weighted by Gasteiger charge is -2.16. The van der Waals surface area contributed by atoms with E-state index in [1.807, 2.05) is 56.3 Å². The predicted molar refractivity (Wildman–Crippen MR) is 98.2 cm³/mol. The van der Waals surface area contributed by atoms with Crippen molar-refractivity contribution < 1.29 is 9.53 Å². The quantitative estimate of drug-likeness (QED) is 0.712. The molecule has 3 aromatic rings. The molecule has 0 aliphatic rings. The molecule has 1 aromatic heterocycles. The van der Waals surface area contributed by atoms with Gasteiger partial charge in [0.2, 0.25) is 5.91 Å². The van der Waals surface area contributed by atoms with Crippen molar-refractivity contribution in [3.05, 3.63) is 65.0 Å². The van der Waals surface area contributed by atoms with Crippen LogP contribution in [0.25, 0.3) is 0 Å². The Balaban J connectivity index is 1.86. The summed E-state index contributed by atoms with van der Waals surface area (Å²) in [6.45, 7) is 3.99. The normalized spacial score (nSPS) is 11.8. The number of aromatic amines is 1. The van der Waals surface area contributed by atoms with E-state index in [0.717, 1.165) is 28.1 Å². The number of methoxy groups -OCH3 is 1. The Bertz CT molecular complexity index is 893. The van der Waals surface area contributed by atoms with Crippen molar-refractivity contribution in [1.29, 1.82) is 0 Å². The number of hydrogen-bond donors (Lipinski definition) is 2. The maximum atomic E-state index is 13.0. The second-order valence-corrected chi connectivity index (χ2v) is 6.11. The fourth-order valence-electron chi connectivity index (χ4n) is 2.76. The standard InChI is InChI=1S/C19H21N5O2/c1-12-6-4-9-17(13(12)2)20-19(25)16(18-21-23-24-22-18)11-14-7-5-8-15(10-14)26-3/h4-10,16H,11H2,1-3H3,(H,20,25)(H,21,22,23,24)/t16-/m0/s1. The first-order valence-electron chi connectivity index (χ1n) is 8.32. The molecule has 1 amide bonds. The molecular weight excluding hydrogens is 330 g/mol.